The summed E-state index contributed by atoms with van der Waals surface area (Å²) in [6.07, 6.45) is 1.21. The van der Waals surface area contributed by atoms with Crippen molar-refractivity contribution < 1.29 is 24.2 Å². The summed E-state index contributed by atoms with van der Waals surface area (Å²) in [4.78, 5) is 26.2. The van der Waals surface area contributed by atoms with E-state index in [0.29, 0.717) is 11.1 Å². The number of hydrogen-bond acceptors (Lipinski definition) is 10. The van der Waals surface area contributed by atoms with Crippen molar-refractivity contribution in [1.82, 2.24) is 25.3 Å². The van der Waals surface area contributed by atoms with Crippen LogP contribution in [0, 0.1) is 0 Å². The van der Waals surface area contributed by atoms with E-state index in [9.17, 15) is 14.7 Å². The minimum Gasteiger partial charge on any atom is -0.508 e. The summed E-state index contributed by atoms with van der Waals surface area (Å²) in [5, 5.41) is 25.5. The Morgan fingerprint density at radius 3 is 1.90 bits per heavy atom. The van der Waals surface area contributed by atoms with E-state index in [4.69, 9.17) is 9.47 Å². The van der Waals surface area contributed by atoms with Gasteiger partial charge in [0.1, 0.15) is 17.0 Å². The van der Waals surface area contributed by atoms with Crippen LogP contribution in [0.1, 0.15) is 47.1 Å². The van der Waals surface area contributed by atoms with E-state index in [1.165, 1.54) is 12.4 Å². The third kappa shape index (κ3) is 8.63. The Balaban J connectivity index is 2.19. The molecule has 0 fully saturated rings. The van der Waals surface area contributed by atoms with Crippen LogP contribution in [0.15, 0.2) is 24.5 Å². The van der Waals surface area contributed by atoms with Crippen LogP contribution in [-0.4, -0.2) is 66.6 Å². The summed E-state index contributed by atoms with van der Waals surface area (Å²) in [6.45, 7) is 10.4. The van der Waals surface area contributed by atoms with Crippen molar-refractivity contribution in [3.8, 4) is 17.1 Å². The SMILES string of the molecule is CC(C)(C)OC(=O)CN(CC(=O)OC(C)(C)C)Cc1ccc(-c2nncnn2)cc1O. The van der Waals surface area contributed by atoms with Crippen LogP contribution >= 0.6 is 0 Å². The molecule has 1 N–H and O–H groups in total. The first-order valence-corrected chi connectivity index (χ1v) is 9.81. The molecule has 0 bridgehead atoms. The van der Waals surface area contributed by atoms with Crippen LogP contribution in [0.4, 0.5) is 0 Å². The number of hydrogen-bond donors (Lipinski definition) is 1. The van der Waals surface area contributed by atoms with Gasteiger partial charge in [0.15, 0.2) is 6.33 Å². The van der Waals surface area contributed by atoms with E-state index in [1.807, 2.05) is 0 Å². The molecule has 0 saturated heterocycles. The van der Waals surface area contributed by atoms with E-state index < -0.39 is 23.1 Å². The summed E-state index contributed by atoms with van der Waals surface area (Å²) in [6, 6.07) is 4.85. The van der Waals surface area contributed by atoms with Gasteiger partial charge in [-0.2, -0.15) is 0 Å². The van der Waals surface area contributed by atoms with Gasteiger partial charge in [-0.15, -0.1) is 20.4 Å². The maximum atomic E-state index is 12.3. The highest BCUT2D eigenvalue weighted by Gasteiger charge is 2.24. The average molecular weight is 431 g/mol. The molecular formula is C21H29N5O5. The lowest BCUT2D eigenvalue weighted by Gasteiger charge is -2.26. The number of phenolic OH excluding ortho intramolecular Hbond substituents is 1. The number of phenols is 1. The van der Waals surface area contributed by atoms with Gasteiger partial charge < -0.3 is 14.6 Å². The topological polar surface area (TPSA) is 128 Å². The minimum absolute atomic E-state index is 0.0386. The van der Waals surface area contributed by atoms with E-state index in [0.717, 1.165) is 0 Å². The Kier molecular flexibility index (Phi) is 7.61. The number of aromatic nitrogens is 4. The number of esters is 2. The smallest absolute Gasteiger partial charge is 0.320 e. The summed E-state index contributed by atoms with van der Waals surface area (Å²) < 4.78 is 10.7. The number of nitrogens with zero attached hydrogens (tertiary/aromatic N) is 5. The molecule has 1 aromatic carbocycles. The number of carbonyl (C=O) groups excluding carboxylic acids is 2. The number of benzene rings is 1. The van der Waals surface area contributed by atoms with E-state index in [1.54, 1.807) is 58.6 Å². The second-order valence-electron chi connectivity index (χ2n) is 9.03. The molecule has 1 heterocycles. The first kappa shape index (κ1) is 24.1. The molecule has 2 rings (SSSR count). The molecule has 0 aliphatic rings. The highest BCUT2D eigenvalue weighted by atomic mass is 16.6. The zero-order valence-electron chi connectivity index (χ0n) is 18.7. The fourth-order valence-electron chi connectivity index (χ4n) is 2.68. The van der Waals surface area contributed by atoms with Crippen LogP contribution < -0.4 is 0 Å². The van der Waals surface area contributed by atoms with Gasteiger partial charge in [-0.05, 0) is 47.6 Å². The quantitative estimate of drug-likeness (QED) is 0.651. The van der Waals surface area contributed by atoms with Crippen molar-refractivity contribution in [1.29, 1.82) is 0 Å². The predicted octanol–water partition coefficient (Wildman–Crippen LogP) is 2.12. The highest BCUT2D eigenvalue weighted by molar-refractivity contribution is 5.75. The van der Waals surface area contributed by atoms with Crippen molar-refractivity contribution in [2.24, 2.45) is 0 Å². The van der Waals surface area contributed by atoms with Gasteiger partial charge in [-0.25, -0.2) is 0 Å². The third-order valence-electron chi connectivity index (χ3n) is 3.69. The molecule has 0 aliphatic carbocycles. The molecule has 2 aromatic rings. The largest absolute Gasteiger partial charge is 0.508 e. The molecule has 10 nitrogen and oxygen atoms in total. The molecule has 0 atom stereocenters. The molecule has 0 radical (unpaired) electrons. The van der Waals surface area contributed by atoms with Crippen LogP contribution in [0.3, 0.4) is 0 Å². The molecule has 1 aromatic heterocycles. The highest BCUT2D eigenvalue weighted by Crippen LogP contribution is 2.25. The Labute approximate surface area is 181 Å². The first-order chi connectivity index (χ1) is 14.3. The molecule has 0 aliphatic heterocycles. The van der Waals surface area contributed by atoms with Crippen LogP contribution in [0.2, 0.25) is 0 Å². The summed E-state index contributed by atoms with van der Waals surface area (Å²) in [5.74, 6) is -0.740. The minimum atomic E-state index is -0.657. The van der Waals surface area contributed by atoms with E-state index in [2.05, 4.69) is 20.4 Å². The molecule has 0 unspecified atom stereocenters. The van der Waals surface area contributed by atoms with Gasteiger partial charge >= 0.3 is 11.9 Å². The lowest BCUT2D eigenvalue weighted by molar-refractivity contribution is -0.160. The Morgan fingerprint density at radius 2 is 1.45 bits per heavy atom. The summed E-state index contributed by atoms with van der Waals surface area (Å²) >= 11 is 0. The third-order valence-corrected chi connectivity index (χ3v) is 3.69. The van der Waals surface area contributed by atoms with Gasteiger partial charge in [0.2, 0.25) is 5.82 Å². The van der Waals surface area contributed by atoms with Gasteiger partial charge in [-0.3, -0.25) is 14.5 Å². The maximum Gasteiger partial charge on any atom is 0.320 e. The second-order valence-corrected chi connectivity index (χ2v) is 9.03. The zero-order valence-corrected chi connectivity index (χ0v) is 18.7. The number of rotatable bonds is 7. The Morgan fingerprint density at radius 1 is 0.935 bits per heavy atom. The molecular weight excluding hydrogens is 402 g/mol. The van der Waals surface area contributed by atoms with Crippen LogP contribution in [0.25, 0.3) is 11.4 Å². The normalized spacial score (nSPS) is 12.0. The van der Waals surface area contributed by atoms with Crippen molar-refractivity contribution in [2.45, 2.75) is 59.3 Å². The van der Waals surface area contributed by atoms with Gasteiger partial charge in [-0.1, -0.05) is 12.1 Å². The van der Waals surface area contributed by atoms with Gasteiger partial charge in [0.05, 0.1) is 13.1 Å². The van der Waals surface area contributed by atoms with Crippen LogP contribution in [0.5, 0.6) is 5.75 Å². The standard InChI is InChI=1S/C21H29N5O5/c1-20(2,3)30-17(28)11-26(12-18(29)31-21(4,5)6)10-15-8-7-14(9-16(15)27)19-24-22-13-23-25-19/h7-9,13,27H,10-12H2,1-6H3. The number of carbonyl (C=O) groups is 2. The molecule has 31 heavy (non-hydrogen) atoms. The second kappa shape index (κ2) is 9.78. The summed E-state index contributed by atoms with van der Waals surface area (Å²) in [7, 11) is 0. The van der Waals surface area contributed by atoms with Crippen molar-refractivity contribution in [3.63, 3.8) is 0 Å². The van der Waals surface area contributed by atoms with Crippen molar-refractivity contribution in [2.75, 3.05) is 13.1 Å². The van der Waals surface area contributed by atoms with Gasteiger partial charge in [0.25, 0.3) is 0 Å². The zero-order chi connectivity index (χ0) is 23.2. The van der Waals surface area contributed by atoms with Crippen molar-refractivity contribution in [3.05, 3.63) is 30.1 Å². The molecule has 10 heteroatoms. The molecule has 0 spiro atoms. The van der Waals surface area contributed by atoms with E-state index >= 15 is 0 Å². The first-order valence-electron chi connectivity index (χ1n) is 9.81. The number of ether oxygens (including phenoxy) is 2. The average Bonchev–Trinajstić information content (AvgIpc) is 2.60. The Bertz CT molecular complexity index is 877. The fourth-order valence-corrected chi connectivity index (χ4v) is 2.68. The van der Waals surface area contributed by atoms with E-state index in [-0.39, 0.29) is 31.2 Å². The molecule has 0 saturated carbocycles. The maximum absolute atomic E-state index is 12.3. The van der Waals surface area contributed by atoms with Crippen LogP contribution in [-0.2, 0) is 25.6 Å². The predicted molar refractivity (Wildman–Crippen MR) is 112 cm³/mol. The Hall–Kier alpha value is -3.14. The monoisotopic (exact) mass is 431 g/mol. The molecule has 168 valence electrons. The van der Waals surface area contributed by atoms with Crippen molar-refractivity contribution >= 4 is 11.9 Å². The summed E-state index contributed by atoms with van der Waals surface area (Å²) in [5.41, 5.74) is -0.271. The lowest BCUT2D eigenvalue weighted by Crippen LogP contribution is -2.39. The lowest BCUT2D eigenvalue weighted by atomic mass is 10.1. The molecule has 0 amide bonds. The number of aromatic hydroxyl groups is 1. The van der Waals surface area contributed by atoms with Gasteiger partial charge in [0, 0.05) is 17.7 Å². The fraction of sp³-hybridized carbons (Fsp3) is 0.524.